The van der Waals surface area contributed by atoms with Crippen LogP contribution in [0.3, 0.4) is 0 Å². The van der Waals surface area contributed by atoms with Crippen LogP contribution >= 0.6 is 0 Å². The first kappa shape index (κ1) is 12.7. The van der Waals surface area contributed by atoms with Crippen LogP contribution in [0.5, 0.6) is 0 Å². The Morgan fingerprint density at radius 3 is 2.69 bits per heavy atom. The van der Waals surface area contributed by atoms with E-state index in [1.807, 2.05) is 32.7 Å². The fourth-order valence-electron chi connectivity index (χ4n) is 1.20. The summed E-state index contributed by atoms with van der Waals surface area (Å²) in [5, 5.41) is 12.4. The topological polar surface area (TPSA) is 61.3 Å². The Bertz CT molecular complexity index is 341. The second kappa shape index (κ2) is 5.12. The molecular weight excluding hydrogens is 204 g/mol. The molecule has 90 valence electrons. The summed E-state index contributed by atoms with van der Waals surface area (Å²) in [6.45, 7) is 6.79. The molecule has 0 saturated carbocycles. The van der Waals surface area contributed by atoms with Gasteiger partial charge in [-0.25, -0.2) is 4.98 Å². The number of hydrogen-bond acceptors (Lipinski definition) is 5. The molecule has 0 atom stereocenters. The summed E-state index contributed by atoms with van der Waals surface area (Å²) in [5.74, 6) is 1.50. The maximum absolute atomic E-state index is 9.29. The van der Waals surface area contributed by atoms with Crippen molar-refractivity contribution in [2.75, 3.05) is 30.4 Å². The van der Waals surface area contributed by atoms with Crippen LogP contribution in [0, 0.1) is 0 Å². The van der Waals surface area contributed by atoms with Crippen molar-refractivity contribution in [1.29, 1.82) is 0 Å². The average Bonchev–Trinajstić information content (AvgIpc) is 2.29. The van der Waals surface area contributed by atoms with E-state index in [0.717, 1.165) is 18.2 Å². The molecule has 0 aliphatic carbocycles. The van der Waals surface area contributed by atoms with Crippen molar-refractivity contribution in [2.24, 2.45) is 0 Å². The summed E-state index contributed by atoms with van der Waals surface area (Å²) in [5.41, 5.74) is -0.348. The van der Waals surface area contributed by atoms with Gasteiger partial charge in [-0.15, -0.1) is 0 Å². The van der Waals surface area contributed by atoms with E-state index in [4.69, 9.17) is 0 Å². The Morgan fingerprint density at radius 2 is 2.12 bits per heavy atom. The molecular formula is C11H20N4O. The number of nitrogens with one attached hydrogen (secondary N) is 1. The van der Waals surface area contributed by atoms with Gasteiger partial charge in [0.2, 0.25) is 0 Å². The number of aromatic nitrogens is 2. The first-order valence-electron chi connectivity index (χ1n) is 5.42. The van der Waals surface area contributed by atoms with Crippen LogP contribution in [0.4, 0.5) is 11.6 Å². The van der Waals surface area contributed by atoms with Crippen molar-refractivity contribution in [1.82, 2.24) is 9.97 Å². The molecule has 0 bridgehead atoms. The Balaban J connectivity index is 2.91. The minimum Gasteiger partial charge on any atom is -0.394 e. The lowest BCUT2D eigenvalue weighted by atomic mass is 10.1. The van der Waals surface area contributed by atoms with Crippen LogP contribution in [-0.4, -0.2) is 40.8 Å². The molecule has 5 nitrogen and oxygen atoms in total. The minimum absolute atomic E-state index is 0.0661. The van der Waals surface area contributed by atoms with Gasteiger partial charge in [0.05, 0.1) is 24.5 Å². The quantitative estimate of drug-likeness (QED) is 0.784. The standard InChI is InChI=1S/C11H20N4O/c1-5-13-9-6-12-7-10(14-9)15(4)11(2,3)8-16/h6-7,16H,5,8H2,1-4H3,(H,13,14). The first-order chi connectivity index (χ1) is 7.51. The third kappa shape index (κ3) is 2.82. The molecule has 0 saturated heterocycles. The van der Waals surface area contributed by atoms with Crippen LogP contribution in [0.25, 0.3) is 0 Å². The number of likely N-dealkylation sites (N-methyl/N-ethyl adjacent to an activating group) is 1. The van der Waals surface area contributed by atoms with Gasteiger partial charge in [0, 0.05) is 13.6 Å². The van der Waals surface area contributed by atoms with Crippen molar-refractivity contribution in [2.45, 2.75) is 26.3 Å². The van der Waals surface area contributed by atoms with E-state index >= 15 is 0 Å². The molecule has 2 N–H and O–H groups in total. The normalized spacial score (nSPS) is 11.3. The van der Waals surface area contributed by atoms with Gasteiger partial charge in [-0.05, 0) is 20.8 Å². The molecule has 0 spiro atoms. The Kier molecular flexibility index (Phi) is 4.06. The summed E-state index contributed by atoms with van der Waals surface area (Å²) in [7, 11) is 1.90. The Morgan fingerprint density at radius 1 is 1.44 bits per heavy atom. The van der Waals surface area contributed by atoms with Crippen LogP contribution in [0.1, 0.15) is 20.8 Å². The number of anilines is 2. The Labute approximate surface area is 96.5 Å². The summed E-state index contributed by atoms with van der Waals surface area (Å²) >= 11 is 0. The molecule has 5 heteroatoms. The minimum atomic E-state index is -0.348. The molecule has 0 aliphatic heterocycles. The van der Waals surface area contributed by atoms with E-state index in [1.165, 1.54) is 0 Å². The second-order valence-corrected chi connectivity index (χ2v) is 4.32. The lowest BCUT2D eigenvalue weighted by molar-refractivity contribution is 0.215. The summed E-state index contributed by atoms with van der Waals surface area (Å²) in [6, 6.07) is 0. The predicted octanol–water partition coefficient (Wildman–Crippen LogP) is 1.12. The smallest absolute Gasteiger partial charge is 0.149 e. The highest BCUT2D eigenvalue weighted by atomic mass is 16.3. The maximum Gasteiger partial charge on any atom is 0.149 e. The fourth-order valence-corrected chi connectivity index (χ4v) is 1.20. The molecule has 1 aromatic heterocycles. The van der Waals surface area contributed by atoms with Gasteiger partial charge >= 0.3 is 0 Å². The molecule has 1 rings (SSSR count). The van der Waals surface area contributed by atoms with Gasteiger partial charge in [-0.3, -0.25) is 4.98 Å². The van der Waals surface area contributed by atoms with Gasteiger partial charge in [-0.2, -0.15) is 0 Å². The predicted molar refractivity (Wildman–Crippen MR) is 65.8 cm³/mol. The summed E-state index contributed by atoms with van der Waals surface area (Å²) < 4.78 is 0. The third-order valence-electron chi connectivity index (χ3n) is 2.62. The van der Waals surface area contributed by atoms with E-state index in [2.05, 4.69) is 15.3 Å². The van der Waals surface area contributed by atoms with Gasteiger partial charge in [-0.1, -0.05) is 0 Å². The highest BCUT2D eigenvalue weighted by molar-refractivity contribution is 5.45. The van der Waals surface area contributed by atoms with E-state index in [1.54, 1.807) is 12.4 Å². The number of nitrogens with zero attached hydrogens (tertiary/aromatic N) is 3. The number of aliphatic hydroxyl groups excluding tert-OH is 1. The number of rotatable bonds is 5. The van der Waals surface area contributed by atoms with Gasteiger partial charge in [0.15, 0.2) is 0 Å². The highest BCUT2D eigenvalue weighted by Gasteiger charge is 2.23. The number of aliphatic hydroxyl groups is 1. The van der Waals surface area contributed by atoms with E-state index in [0.29, 0.717) is 0 Å². The molecule has 0 radical (unpaired) electrons. The zero-order chi connectivity index (χ0) is 12.2. The Hall–Kier alpha value is -1.36. The number of hydrogen-bond donors (Lipinski definition) is 2. The monoisotopic (exact) mass is 224 g/mol. The third-order valence-corrected chi connectivity index (χ3v) is 2.62. The SMILES string of the molecule is CCNc1cncc(N(C)C(C)(C)CO)n1. The molecule has 0 aromatic carbocycles. The van der Waals surface area contributed by atoms with Gasteiger partial charge in [0.1, 0.15) is 11.6 Å². The van der Waals surface area contributed by atoms with Crippen molar-refractivity contribution in [3.8, 4) is 0 Å². The first-order valence-corrected chi connectivity index (χ1v) is 5.42. The van der Waals surface area contributed by atoms with Crippen molar-refractivity contribution in [3.63, 3.8) is 0 Å². The molecule has 0 aliphatic rings. The fraction of sp³-hybridized carbons (Fsp3) is 0.636. The second-order valence-electron chi connectivity index (χ2n) is 4.32. The summed E-state index contributed by atoms with van der Waals surface area (Å²) in [6.07, 6.45) is 3.38. The zero-order valence-electron chi connectivity index (χ0n) is 10.4. The van der Waals surface area contributed by atoms with Crippen LogP contribution in [-0.2, 0) is 0 Å². The molecule has 1 aromatic rings. The van der Waals surface area contributed by atoms with Crippen molar-refractivity contribution in [3.05, 3.63) is 12.4 Å². The van der Waals surface area contributed by atoms with Crippen molar-refractivity contribution >= 4 is 11.6 Å². The van der Waals surface area contributed by atoms with Crippen LogP contribution in [0.15, 0.2) is 12.4 Å². The van der Waals surface area contributed by atoms with Crippen LogP contribution < -0.4 is 10.2 Å². The summed E-state index contributed by atoms with van der Waals surface area (Å²) in [4.78, 5) is 10.5. The highest BCUT2D eigenvalue weighted by Crippen LogP contribution is 2.19. The van der Waals surface area contributed by atoms with E-state index in [-0.39, 0.29) is 12.1 Å². The largest absolute Gasteiger partial charge is 0.394 e. The van der Waals surface area contributed by atoms with Crippen LogP contribution in [0.2, 0.25) is 0 Å². The average molecular weight is 224 g/mol. The lowest BCUT2D eigenvalue weighted by Crippen LogP contribution is -2.44. The van der Waals surface area contributed by atoms with Gasteiger partial charge in [0.25, 0.3) is 0 Å². The zero-order valence-corrected chi connectivity index (χ0v) is 10.4. The van der Waals surface area contributed by atoms with Crippen molar-refractivity contribution < 1.29 is 5.11 Å². The van der Waals surface area contributed by atoms with Gasteiger partial charge < -0.3 is 15.3 Å². The molecule has 0 fully saturated rings. The molecule has 0 amide bonds. The van der Waals surface area contributed by atoms with E-state index in [9.17, 15) is 5.11 Å². The maximum atomic E-state index is 9.29. The lowest BCUT2D eigenvalue weighted by Gasteiger charge is -2.34. The molecule has 1 heterocycles. The molecule has 16 heavy (non-hydrogen) atoms. The molecule has 0 unspecified atom stereocenters. The van der Waals surface area contributed by atoms with E-state index < -0.39 is 0 Å².